The standard InChI is InChI=1S/C18H22O5/c1-12(16(20)22-2)14-7-4-6-13(10-14)11-18(17(21)23-3)9-5-8-15(18)19/h4,6-7,10,12H,5,8-9,11H2,1-3H3. The van der Waals surface area contributed by atoms with Crippen LogP contribution in [0.25, 0.3) is 0 Å². The van der Waals surface area contributed by atoms with Crippen molar-refractivity contribution < 1.29 is 23.9 Å². The first-order valence-corrected chi connectivity index (χ1v) is 7.73. The second-order valence-electron chi connectivity index (χ2n) is 6.02. The van der Waals surface area contributed by atoms with Crippen LogP contribution in [0.3, 0.4) is 0 Å². The predicted molar refractivity (Wildman–Crippen MR) is 83.9 cm³/mol. The molecule has 2 atom stereocenters. The summed E-state index contributed by atoms with van der Waals surface area (Å²) in [6.45, 7) is 1.77. The molecule has 0 saturated heterocycles. The summed E-state index contributed by atoms with van der Waals surface area (Å²) in [4.78, 5) is 36.2. The maximum Gasteiger partial charge on any atom is 0.319 e. The van der Waals surface area contributed by atoms with Gasteiger partial charge in [0, 0.05) is 6.42 Å². The third kappa shape index (κ3) is 3.28. The van der Waals surface area contributed by atoms with Gasteiger partial charge in [0.2, 0.25) is 0 Å². The van der Waals surface area contributed by atoms with Crippen LogP contribution in [0.5, 0.6) is 0 Å². The molecule has 0 aliphatic heterocycles. The lowest BCUT2D eigenvalue weighted by molar-refractivity contribution is -0.156. The molecule has 1 aliphatic carbocycles. The minimum atomic E-state index is -1.08. The lowest BCUT2D eigenvalue weighted by Crippen LogP contribution is -2.38. The fourth-order valence-electron chi connectivity index (χ4n) is 3.23. The van der Waals surface area contributed by atoms with E-state index in [0.29, 0.717) is 25.7 Å². The highest BCUT2D eigenvalue weighted by molar-refractivity contribution is 6.05. The van der Waals surface area contributed by atoms with Gasteiger partial charge in [-0.25, -0.2) is 0 Å². The number of esters is 2. The van der Waals surface area contributed by atoms with Crippen molar-refractivity contribution in [2.75, 3.05) is 14.2 Å². The summed E-state index contributed by atoms with van der Waals surface area (Å²) in [5.74, 6) is -1.24. The van der Waals surface area contributed by atoms with Crippen molar-refractivity contribution in [3.05, 3.63) is 35.4 Å². The van der Waals surface area contributed by atoms with Gasteiger partial charge in [0.05, 0.1) is 20.1 Å². The number of rotatable bonds is 5. The number of hydrogen-bond acceptors (Lipinski definition) is 5. The number of ketones is 1. The van der Waals surface area contributed by atoms with E-state index in [1.54, 1.807) is 6.92 Å². The number of hydrogen-bond donors (Lipinski definition) is 0. The average Bonchev–Trinajstić information content (AvgIpc) is 2.94. The molecule has 23 heavy (non-hydrogen) atoms. The summed E-state index contributed by atoms with van der Waals surface area (Å²) in [5, 5.41) is 0. The maximum atomic E-state index is 12.3. The fourth-order valence-corrected chi connectivity index (χ4v) is 3.23. The molecule has 124 valence electrons. The van der Waals surface area contributed by atoms with Crippen LogP contribution in [0.15, 0.2) is 24.3 Å². The van der Waals surface area contributed by atoms with E-state index >= 15 is 0 Å². The third-order valence-electron chi connectivity index (χ3n) is 4.63. The van der Waals surface area contributed by atoms with E-state index in [-0.39, 0.29) is 11.8 Å². The first-order chi connectivity index (χ1) is 10.9. The minimum absolute atomic E-state index is 0.0595. The van der Waals surface area contributed by atoms with Crippen LogP contribution in [-0.2, 0) is 30.3 Å². The molecule has 1 aromatic carbocycles. The number of carbonyl (C=O) groups is 3. The summed E-state index contributed by atoms with van der Waals surface area (Å²) in [7, 11) is 2.66. The topological polar surface area (TPSA) is 69.7 Å². The van der Waals surface area contributed by atoms with Crippen LogP contribution in [0, 0.1) is 5.41 Å². The molecule has 0 bridgehead atoms. The molecule has 2 unspecified atom stereocenters. The third-order valence-corrected chi connectivity index (χ3v) is 4.63. The predicted octanol–water partition coefficient (Wildman–Crippen LogP) is 2.42. The molecule has 2 rings (SSSR count). The average molecular weight is 318 g/mol. The SMILES string of the molecule is COC(=O)C(C)c1cccc(CC2(C(=O)OC)CCCC2=O)c1. The highest BCUT2D eigenvalue weighted by atomic mass is 16.5. The largest absolute Gasteiger partial charge is 0.469 e. The Morgan fingerprint density at radius 3 is 2.57 bits per heavy atom. The van der Waals surface area contributed by atoms with Gasteiger partial charge in [-0.05, 0) is 37.3 Å². The van der Waals surface area contributed by atoms with Crippen LogP contribution >= 0.6 is 0 Å². The molecular formula is C18H22O5. The number of carbonyl (C=O) groups excluding carboxylic acids is 3. The quantitative estimate of drug-likeness (QED) is 0.616. The fraction of sp³-hybridized carbons (Fsp3) is 0.500. The summed E-state index contributed by atoms with van der Waals surface area (Å²) in [6, 6.07) is 7.39. The monoisotopic (exact) mass is 318 g/mol. The number of ether oxygens (including phenoxy) is 2. The van der Waals surface area contributed by atoms with Crippen molar-refractivity contribution in [1.29, 1.82) is 0 Å². The van der Waals surface area contributed by atoms with Crippen LogP contribution in [0.1, 0.15) is 43.2 Å². The molecular weight excluding hydrogens is 296 g/mol. The Balaban J connectivity index is 2.30. The Kier molecular flexibility index (Phi) is 5.19. The molecule has 1 aliphatic rings. The normalized spacial score (nSPS) is 21.8. The summed E-state index contributed by atoms with van der Waals surface area (Å²) in [6.07, 6.45) is 1.93. The molecule has 1 fully saturated rings. The number of Topliss-reactive ketones (excluding diaryl/α,β-unsaturated/α-hetero) is 1. The lowest BCUT2D eigenvalue weighted by atomic mass is 9.78. The van der Waals surface area contributed by atoms with Gasteiger partial charge in [0.15, 0.2) is 5.78 Å². The highest BCUT2D eigenvalue weighted by Crippen LogP contribution is 2.39. The van der Waals surface area contributed by atoms with Gasteiger partial charge in [0.1, 0.15) is 5.41 Å². The van der Waals surface area contributed by atoms with Crippen molar-refractivity contribution >= 4 is 17.7 Å². The molecule has 0 amide bonds. The zero-order valence-electron chi connectivity index (χ0n) is 13.8. The van der Waals surface area contributed by atoms with E-state index in [1.165, 1.54) is 14.2 Å². The molecule has 0 aromatic heterocycles. The van der Waals surface area contributed by atoms with Gasteiger partial charge in [0.25, 0.3) is 0 Å². The highest BCUT2D eigenvalue weighted by Gasteiger charge is 2.49. The van der Waals surface area contributed by atoms with Gasteiger partial charge in [-0.3, -0.25) is 14.4 Å². The second kappa shape index (κ2) is 6.94. The Labute approximate surface area is 136 Å². The van der Waals surface area contributed by atoms with E-state index in [9.17, 15) is 14.4 Å². The van der Waals surface area contributed by atoms with Crippen molar-refractivity contribution in [3.8, 4) is 0 Å². The molecule has 1 aromatic rings. The van der Waals surface area contributed by atoms with Crippen LogP contribution < -0.4 is 0 Å². The van der Waals surface area contributed by atoms with Crippen LogP contribution in [0.2, 0.25) is 0 Å². The van der Waals surface area contributed by atoms with Crippen molar-refractivity contribution in [2.24, 2.45) is 5.41 Å². The van der Waals surface area contributed by atoms with E-state index in [1.807, 2.05) is 24.3 Å². The molecule has 0 heterocycles. The molecule has 5 nitrogen and oxygen atoms in total. The van der Waals surface area contributed by atoms with E-state index in [4.69, 9.17) is 9.47 Å². The van der Waals surface area contributed by atoms with Gasteiger partial charge < -0.3 is 9.47 Å². The Bertz CT molecular complexity index is 622. The Hall–Kier alpha value is -2.17. The van der Waals surface area contributed by atoms with Crippen molar-refractivity contribution in [1.82, 2.24) is 0 Å². The number of benzene rings is 1. The number of methoxy groups -OCH3 is 2. The summed E-state index contributed by atoms with van der Waals surface area (Å²) >= 11 is 0. The van der Waals surface area contributed by atoms with Crippen molar-refractivity contribution in [3.63, 3.8) is 0 Å². The van der Waals surface area contributed by atoms with Gasteiger partial charge in [-0.2, -0.15) is 0 Å². The van der Waals surface area contributed by atoms with E-state index in [0.717, 1.165) is 11.1 Å². The second-order valence-corrected chi connectivity index (χ2v) is 6.02. The van der Waals surface area contributed by atoms with Gasteiger partial charge in [-0.15, -0.1) is 0 Å². The first-order valence-electron chi connectivity index (χ1n) is 7.73. The van der Waals surface area contributed by atoms with Gasteiger partial charge in [-0.1, -0.05) is 24.3 Å². The zero-order valence-corrected chi connectivity index (χ0v) is 13.8. The van der Waals surface area contributed by atoms with Crippen LogP contribution in [0.4, 0.5) is 0 Å². The molecule has 0 spiro atoms. The maximum absolute atomic E-state index is 12.3. The zero-order chi connectivity index (χ0) is 17.0. The molecule has 0 radical (unpaired) electrons. The van der Waals surface area contributed by atoms with Crippen LogP contribution in [-0.4, -0.2) is 31.9 Å². The summed E-state index contributed by atoms with van der Waals surface area (Å²) < 4.78 is 9.64. The first kappa shape index (κ1) is 17.2. The Morgan fingerprint density at radius 1 is 1.26 bits per heavy atom. The van der Waals surface area contributed by atoms with Gasteiger partial charge >= 0.3 is 11.9 Å². The van der Waals surface area contributed by atoms with Crippen molar-refractivity contribution in [2.45, 2.75) is 38.5 Å². The minimum Gasteiger partial charge on any atom is -0.469 e. The Morgan fingerprint density at radius 2 is 2.00 bits per heavy atom. The lowest BCUT2D eigenvalue weighted by Gasteiger charge is -2.24. The van der Waals surface area contributed by atoms with E-state index < -0.39 is 17.3 Å². The smallest absolute Gasteiger partial charge is 0.319 e. The molecule has 1 saturated carbocycles. The summed E-state index contributed by atoms with van der Waals surface area (Å²) in [5.41, 5.74) is 0.570. The van der Waals surface area contributed by atoms with E-state index in [2.05, 4.69) is 0 Å². The molecule has 5 heteroatoms. The molecule has 0 N–H and O–H groups in total.